The second kappa shape index (κ2) is 8.18. The van der Waals surface area contributed by atoms with Crippen molar-refractivity contribution in [1.82, 2.24) is 29.7 Å². The third-order valence-electron chi connectivity index (χ3n) is 3.92. The minimum absolute atomic E-state index is 0.534. The molecule has 0 aliphatic rings. The Balaban J connectivity index is 1.78. The fraction of sp³-hybridized carbons (Fsp3) is 0.150. The van der Waals surface area contributed by atoms with E-state index in [4.69, 9.17) is 4.74 Å². The molecular formula is C20H18N6OS. The Morgan fingerprint density at radius 1 is 1.00 bits per heavy atom. The van der Waals surface area contributed by atoms with Crippen molar-refractivity contribution in [3.8, 4) is 23.1 Å². The normalized spacial score (nSPS) is 10.8. The topological polar surface area (TPSA) is 78.6 Å². The Hall–Kier alpha value is -3.26. The molecule has 3 heterocycles. The van der Waals surface area contributed by atoms with Gasteiger partial charge in [-0.1, -0.05) is 23.8 Å². The lowest BCUT2D eigenvalue weighted by Crippen LogP contribution is -2.01. The third-order valence-corrected chi connectivity index (χ3v) is 4.80. The van der Waals surface area contributed by atoms with Crippen LogP contribution in [-0.2, 0) is 0 Å². The van der Waals surface area contributed by atoms with Gasteiger partial charge in [0.05, 0.1) is 6.61 Å². The second-order valence-corrected chi connectivity index (χ2v) is 6.91. The zero-order valence-electron chi connectivity index (χ0n) is 15.5. The summed E-state index contributed by atoms with van der Waals surface area (Å²) in [6.45, 7) is 4.52. The largest absolute Gasteiger partial charge is 0.478 e. The first-order chi connectivity index (χ1) is 13.7. The maximum atomic E-state index is 5.47. The molecule has 7 nitrogen and oxygen atoms in total. The number of aromatic nitrogens is 6. The number of hydrogen-bond donors (Lipinski definition) is 0. The summed E-state index contributed by atoms with van der Waals surface area (Å²) in [7, 11) is 0. The van der Waals surface area contributed by atoms with E-state index in [1.165, 1.54) is 23.7 Å². The van der Waals surface area contributed by atoms with Gasteiger partial charge in [-0.2, -0.15) is 0 Å². The van der Waals surface area contributed by atoms with E-state index in [1.54, 1.807) is 12.3 Å². The number of pyridine rings is 1. The van der Waals surface area contributed by atoms with Crippen LogP contribution in [0.1, 0.15) is 12.5 Å². The quantitative estimate of drug-likeness (QED) is 0.461. The summed E-state index contributed by atoms with van der Waals surface area (Å²) in [5, 5.41) is 10.2. The molecule has 28 heavy (non-hydrogen) atoms. The minimum Gasteiger partial charge on any atom is -0.478 e. The van der Waals surface area contributed by atoms with Crippen LogP contribution in [0.4, 0.5) is 0 Å². The molecular weight excluding hydrogens is 372 g/mol. The van der Waals surface area contributed by atoms with Crippen molar-refractivity contribution in [2.75, 3.05) is 6.61 Å². The zero-order chi connectivity index (χ0) is 19.3. The lowest BCUT2D eigenvalue weighted by atomic mass is 10.2. The molecule has 0 aliphatic carbocycles. The Bertz CT molecular complexity index is 1070. The van der Waals surface area contributed by atoms with Crippen LogP contribution in [0, 0.1) is 6.92 Å². The first-order valence-electron chi connectivity index (χ1n) is 8.81. The highest BCUT2D eigenvalue weighted by Gasteiger charge is 2.18. The van der Waals surface area contributed by atoms with Gasteiger partial charge in [-0.15, -0.1) is 10.2 Å². The molecule has 0 fully saturated rings. The van der Waals surface area contributed by atoms with Gasteiger partial charge < -0.3 is 4.74 Å². The molecule has 0 atom stereocenters. The number of benzene rings is 1. The average molecular weight is 390 g/mol. The molecule has 3 aromatic heterocycles. The molecule has 0 aliphatic heterocycles. The van der Waals surface area contributed by atoms with Gasteiger partial charge in [0.2, 0.25) is 11.0 Å². The van der Waals surface area contributed by atoms with Gasteiger partial charge in [0.25, 0.3) is 0 Å². The summed E-state index contributed by atoms with van der Waals surface area (Å²) in [5.41, 5.74) is 2.89. The summed E-state index contributed by atoms with van der Waals surface area (Å²) in [6, 6.07) is 15.7. The standard InChI is InChI=1S/C20H18N6OS/c1-3-27-17-12-18(23-13-22-17)28-20-25-24-19(16-6-4-5-11-21-16)26(20)15-9-7-14(2)8-10-15/h4-13H,3H2,1-2H3. The van der Waals surface area contributed by atoms with E-state index in [0.717, 1.165) is 16.4 Å². The van der Waals surface area contributed by atoms with E-state index >= 15 is 0 Å². The number of nitrogens with zero attached hydrogens (tertiary/aromatic N) is 6. The van der Waals surface area contributed by atoms with Crippen LogP contribution in [-0.4, -0.2) is 36.3 Å². The molecule has 0 N–H and O–H groups in total. The van der Waals surface area contributed by atoms with Crippen molar-refractivity contribution in [2.45, 2.75) is 24.0 Å². The van der Waals surface area contributed by atoms with E-state index in [-0.39, 0.29) is 0 Å². The van der Waals surface area contributed by atoms with Crippen molar-refractivity contribution in [3.05, 3.63) is 66.6 Å². The molecule has 0 saturated heterocycles. The Morgan fingerprint density at radius 2 is 1.86 bits per heavy atom. The van der Waals surface area contributed by atoms with E-state index in [2.05, 4.69) is 44.2 Å². The Labute approximate surface area is 166 Å². The number of aryl methyl sites for hydroxylation is 1. The first kappa shape index (κ1) is 18.1. The predicted octanol–water partition coefficient (Wildman–Crippen LogP) is 3.98. The van der Waals surface area contributed by atoms with Crippen LogP contribution in [0.15, 0.2) is 71.2 Å². The first-order valence-corrected chi connectivity index (χ1v) is 9.63. The molecule has 4 rings (SSSR count). The van der Waals surface area contributed by atoms with E-state index in [1.807, 2.05) is 41.8 Å². The lowest BCUT2D eigenvalue weighted by Gasteiger charge is -2.10. The van der Waals surface area contributed by atoms with Crippen molar-refractivity contribution in [3.63, 3.8) is 0 Å². The van der Waals surface area contributed by atoms with Crippen LogP contribution in [0.5, 0.6) is 5.88 Å². The molecule has 4 aromatic rings. The average Bonchev–Trinajstić information content (AvgIpc) is 3.13. The molecule has 0 unspecified atom stereocenters. The van der Waals surface area contributed by atoms with Crippen LogP contribution >= 0.6 is 11.8 Å². The fourth-order valence-corrected chi connectivity index (χ4v) is 3.43. The minimum atomic E-state index is 0.534. The number of rotatable bonds is 6. The van der Waals surface area contributed by atoms with Gasteiger partial charge in [-0.05, 0) is 49.9 Å². The monoisotopic (exact) mass is 390 g/mol. The van der Waals surface area contributed by atoms with Gasteiger partial charge >= 0.3 is 0 Å². The number of hydrogen-bond acceptors (Lipinski definition) is 7. The summed E-state index contributed by atoms with van der Waals surface area (Å²) in [6.07, 6.45) is 3.23. The maximum Gasteiger partial charge on any atom is 0.217 e. The highest BCUT2D eigenvalue weighted by molar-refractivity contribution is 7.99. The van der Waals surface area contributed by atoms with Gasteiger partial charge in [-0.25, -0.2) is 9.97 Å². The van der Waals surface area contributed by atoms with Gasteiger partial charge in [0, 0.05) is 18.0 Å². The highest BCUT2D eigenvalue weighted by Crippen LogP contribution is 2.31. The van der Waals surface area contributed by atoms with Crippen LogP contribution in [0.25, 0.3) is 17.2 Å². The van der Waals surface area contributed by atoms with Crippen molar-refractivity contribution < 1.29 is 4.74 Å². The molecule has 1 aromatic carbocycles. The zero-order valence-corrected chi connectivity index (χ0v) is 16.3. The van der Waals surface area contributed by atoms with Crippen LogP contribution in [0.2, 0.25) is 0 Å². The molecule has 0 saturated carbocycles. The van der Waals surface area contributed by atoms with E-state index in [9.17, 15) is 0 Å². The van der Waals surface area contributed by atoms with Crippen molar-refractivity contribution in [1.29, 1.82) is 0 Å². The second-order valence-electron chi connectivity index (χ2n) is 5.92. The van der Waals surface area contributed by atoms with Gasteiger partial charge in [-0.3, -0.25) is 9.55 Å². The predicted molar refractivity (Wildman–Crippen MR) is 107 cm³/mol. The van der Waals surface area contributed by atoms with E-state index in [0.29, 0.717) is 23.5 Å². The molecule has 0 spiro atoms. The Kier molecular flexibility index (Phi) is 5.29. The number of ether oxygens (including phenoxy) is 1. The van der Waals surface area contributed by atoms with Gasteiger partial charge in [0.1, 0.15) is 17.0 Å². The summed E-state index contributed by atoms with van der Waals surface area (Å²) in [4.78, 5) is 12.9. The molecule has 140 valence electrons. The van der Waals surface area contributed by atoms with Crippen LogP contribution in [0.3, 0.4) is 0 Å². The van der Waals surface area contributed by atoms with Crippen LogP contribution < -0.4 is 4.74 Å². The summed E-state index contributed by atoms with van der Waals surface area (Å²) in [5.74, 6) is 1.21. The molecule has 8 heteroatoms. The molecule has 0 bridgehead atoms. The van der Waals surface area contributed by atoms with Gasteiger partial charge in [0.15, 0.2) is 5.82 Å². The third kappa shape index (κ3) is 3.86. The van der Waals surface area contributed by atoms with E-state index < -0.39 is 0 Å². The smallest absolute Gasteiger partial charge is 0.217 e. The summed E-state index contributed by atoms with van der Waals surface area (Å²) >= 11 is 1.40. The SMILES string of the molecule is CCOc1cc(Sc2nnc(-c3ccccn3)n2-c2ccc(C)cc2)ncn1. The molecule has 0 radical (unpaired) electrons. The Morgan fingerprint density at radius 3 is 2.61 bits per heavy atom. The fourth-order valence-electron chi connectivity index (χ4n) is 2.62. The summed E-state index contributed by atoms with van der Waals surface area (Å²) < 4.78 is 7.45. The van der Waals surface area contributed by atoms with Crippen molar-refractivity contribution >= 4 is 11.8 Å². The van der Waals surface area contributed by atoms with Crippen molar-refractivity contribution in [2.24, 2.45) is 0 Å². The highest BCUT2D eigenvalue weighted by atomic mass is 32.2. The molecule has 0 amide bonds. The maximum absolute atomic E-state index is 5.47. The lowest BCUT2D eigenvalue weighted by molar-refractivity contribution is 0.325.